The molecule has 4 rings (SSSR count). The summed E-state index contributed by atoms with van der Waals surface area (Å²) in [6, 6.07) is 8.73. The Labute approximate surface area is 119 Å². The van der Waals surface area contributed by atoms with Gasteiger partial charge in [-0.15, -0.1) is 22.7 Å². The van der Waals surface area contributed by atoms with Crippen LogP contribution in [0.4, 0.5) is 0 Å². The van der Waals surface area contributed by atoms with Crippen LogP contribution < -0.4 is 5.73 Å². The van der Waals surface area contributed by atoms with E-state index in [1.165, 1.54) is 25.5 Å². The van der Waals surface area contributed by atoms with E-state index in [2.05, 4.69) is 28.6 Å². The van der Waals surface area contributed by atoms with Gasteiger partial charge in [-0.1, -0.05) is 6.07 Å². The second-order valence-corrected chi connectivity index (χ2v) is 7.08. The standard InChI is InChI=1S/C15H14N2S2/c16-14(13-8-12-11(19-13)5-7-18-12)10-4-3-9-2-1-6-17-15(9)10/h1-2,5-8,10,14H,3-4,16H2. The third kappa shape index (κ3) is 1.83. The second-order valence-electron chi connectivity index (χ2n) is 5.02. The molecule has 0 saturated heterocycles. The summed E-state index contributed by atoms with van der Waals surface area (Å²) in [4.78, 5) is 5.85. The summed E-state index contributed by atoms with van der Waals surface area (Å²) >= 11 is 3.62. The molecule has 2 N–H and O–H groups in total. The molecule has 3 aromatic heterocycles. The van der Waals surface area contributed by atoms with Crippen LogP contribution in [0.25, 0.3) is 9.40 Å². The minimum atomic E-state index is 0.0840. The first-order valence-corrected chi connectivity index (χ1v) is 8.19. The van der Waals surface area contributed by atoms with Crippen LogP contribution in [0.5, 0.6) is 0 Å². The average molecular weight is 286 g/mol. The Morgan fingerprint density at radius 3 is 3.16 bits per heavy atom. The summed E-state index contributed by atoms with van der Waals surface area (Å²) < 4.78 is 2.71. The fourth-order valence-electron chi connectivity index (χ4n) is 2.94. The molecule has 1 aliphatic carbocycles. The van der Waals surface area contributed by atoms with E-state index >= 15 is 0 Å². The lowest BCUT2D eigenvalue weighted by Crippen LogP contribution is -2.17. The zero-order valence-electron chi connectivity index (χ0n) is 10.4. The minimum absolute atomic E-state index is 0.0840. The summed E-state index contributed by atoms with van der Waals surface area (Å²) in [6.07, 6.45) is 4.12. The third-order valence-corrected chi connectivity index (χ3v) is 6.12. The van der Waals surface area contributed by atoms with Crippen molar-refractivity contribution in [1.29, 1.82) is 0 Å². The Morgan fingerprint density at radius 1 is 1.32 bits per heavy atom. The van der Waals surface area contributed by atoms with Crippen LogP contribution in [0, 0.1) is 0 Å². The maximum Gasteiger partial charge on any atom is 0.0485 e. The molecule has 3 heterocycles. The average Bonchev–Trinajstić information content (AvgIpc) is 3.11. The quantitative estimate of drug-likeness (QED) is 0.770. The number of hydrogen-bond donors (Lipinski definition) is 1. The number of fused-ring (bicyclic) bond motifs is 2. The Hall–Kier alpha value is -1.23. The number of nitrogens with two attached hydrogens (primary N) is 1. The molecule has 3 aromatic rings. The zero-order valence-corrected chi connectivity index (χ0v) is 12.0. The number of aromatic nitrogens is 1. The molecule has 0 radical (unpaired) electrons. The molecule has 2 atom stereocenters. The summed E-state index contributed by atoms with van der Waals surface area (Å²) in [6.45, 7) is 0. The number of thiophene rings is 2. The van der Waals surface area contributed by atoms with Crippen LogP contribution in [-0.4, -0.2) is 4.98 Å². The SMILES string of the molecule is NC(c1cc2sccc2s1)C1CCc2cccnc21. The predicted octanol–water partition coefficient (Wildman–Crippen LogP) is 4.09. The van der Waals surface area contributed by atoms with E-state index < -0.39 is 0 Å². The number of aryl methyl sites for hydroxylation is 1. The van der Waals surface area contributed by atoms with Gasteiger partial charge >= 0.3 is 0 Å². The van der Waals surface area contributed by atoms with E-state index in [9.17, 15) is 0 Å². The highest BCUT2D eigenvalue weighted by atomic mass is 32.1. The van der Waals surface area contributed by atoms with Crippen molar-refractivity contribution < 1.29 is 0 Å². The van der Waals surface area contributed by atoms with Gasteiger partial charge in [0.25, 0.3) is 0 Å². The highest BCUT2D eigenvalue weighted by Gasteiger charge is 2.30. The molecule has 0 amide bonds. The van der Waals surface area contributed by atoms with E-state index in [0.717, 1.165) is 12.8 Å². The predicted molar refractivity (Wildman–Crippen MR) is 81.9 cm³/mol. The Bertz CT molecular complexity index is 700. The molecule has 96 valence electrons. The van der Waals surface area contributed by atoms with E-state index in [1.54, 1.807) is 11.3 Å². The third-order valence-electron chi connectivity index (χ3n) is 3.92. The molecule has 19 heavy (non-hydrogen) atoms. The maximum atomic E-state index is 6.51. The van der Waals surface area contributed by atoms with Gasteiger partial charge < -0.3 is 5.73 Å². The number of hydrogen-bond acceptors (Lipinski definition) is 4. The number of nitrogens with zero attached hydrogens (tertiary/aromatic N) is 1. The van der Waals surface area contributed by atoms with Crippen LogP contribution >= 0.6 is 22.7 Å². The van der Waals surface area contributed by atoms with Gasteiger partial charge in [0.15, 0.2) is 0 Å². The molecule has 2 unspecified atom stereocenters. The number of pyridine rings is 1. The first kappa shape index (κ1) is 11.6. The molecule has 1 aliphatic rings. The normalized spacial score (nSPS) is 19.7. The molecule has 0 spiro atoms. The van der Waals surface area contributed by atoms with E-state index in [4.69, 9.17) is 5.73 Å². The molecule has 0 bridgehead atoms. The van der Waals surface area contributed by atoms with Gasteiger partial charge in [-0.25, -0.2) is 0 Å². The highest BCUT2D eigenvalue weighted by Crippen LogP contribution is 2.42. The van der Waals surface area contributed by atoms with Crippen LogP contribution in [0.2, 0.25) is 0 Å². The monoisotopic (exact) mass is 286 g/mol. The Kier molecular flexibility index (Phi) is 2.69. The molecule has 0 aromatic carbocycles. The van der Waals surface area contributed by atoms with Gasteiger partial charge in [-0.3, -0.25) is 4.98 Å². The van der Waals surface area contributed by atoms with Crippen molar-refractivity contribution in [1.82, 2.24) is 4.98 Å². The summed E-state index contributed by atoms with van der Waals surface area (Å²) in [7, 11) is 0. The van der Waals surface area contributed by atoms with Crippen molar-refractivity contribution in [2.24, 2.45) is 5.73 Å². The molecule has 0 fully saturated rings. The van der Waals surface area contributed by atoms with Crippen LogP contribution in [-0.2, 0) is 6.42 Å². The summed E-state index contributed by atoms with van der Waals surface area (Å²) in [5, 5.41) is 2.14. The highest BCUT2D eigenvalue weighted by molar-refractivity contribution is 7.26. The largest absolute Gasteiger partial charge is 0.323 e. The number of rotatable bonds is 2. The molecule has 0 saturated carbocycles. The summed E-state index contributed by atoms with van der Waals surface area (Å²) in [5.41, 5.74) is 9.10. The van der Waals surface area contributed by atoms with Gasteiger partial charge in [-0.2, -0.15) is 0 Å². The Balaban J connectivity index is 1.71. The smallest absolute Gasteiger partial charge is 0.0485 e. The lowest BCUT2D eigenvalue weighted by Gasteiger charge is -2.18. The van der Waals surface area contributed by atoms with E-state index in [-0.39, 0.29) is 6.04 Å². The van der Waals surface area contributed by atoms with Gasteiger partial charge in [-0.05, 0) is 42.0 Å². The van der Waals surface area contributed by atoms with Crippen LogP contribution in [0.15, 0.2) is 35.8 Å². The van der Waals surface area contributed by atoms with Gasteiger partial charge in [0.05, 0.1) is 0 Å². The van der Waals surface area contributed by atoms with Gasteiger partial charge in [0.1, 0.15) is 0 Å². The van der Waals surface area contributed by atoms with Crippen LogP contribution in [0.1, 0.15) is 34.5 Å². The van der Waals surface area contributed by atoms with Crippen molar-refractivity contribution in [3.63, 3.8) is 0 Å². The van der Waals surface area contributed by atoms with Gasteiger partial charge in [0.2, 0.25) is 0 Å². The fraction of sp³-hybridized carbons (Fsp3) is 0.267. The molecular weight excluding hydrogens is 272 g/mol. The fourth-order valence-corrected chi connectivity index (χ4v) is 5.13. The topological polar surface area (TPSA) is 38.9 Å². The first-order valence-electron chi connectivity index (χ1n) is 6.49. The van der Waals surface area contributed by atoms with Crippen molar-refractivity contribution in [3.05, 3.63) is 52.0 Å². The van der Waals surface area contributed by atoms with Crippen molar-refractivity contribution >= 4 is 32.1 Å². The second kappa shape index (κ2) is 4.40. The zero-order chi connectivity index (χ0) is 12.8. The lowest BCUT2D eigenvalue weighted by atomic mass is 9.96. The van der Waals surface area contributed by atoms with Gasteiger partial charge in [0, 0.05) is 38.1 Å². The first-order chi connectivity index (χ1) is 9.33. The lowest BCUT2D eigenvalue weighted by molar-refractivity contribution is 0.548. The maximum absolute atomic E-state index is 6.51. The van der Waals surface area contributed by atoms with Crippen LogP contribution in [0.3, 0.4) is 0 Å². The minimum Gasteiger partial charge on any atom is -0.323 e. The van der Waals surface area contributed by atoms with E-state index in [1.807, 2.05) is 23.6 Å². The van der Waals surface area contributed by atoms with Crippen molar-refractivity contribution in [2.75, 3.05) is 0 Å². The van der Waals surface area contributed by atoms with Crippen molar-refractivity contribution in [2.45, 2.75) is 24.8 Å². The molecule has 2 nitrogen and oxygen atoms in total. The molecule has 0 aliphatic heterocycles. The van der Waals surface area contributed by atoms with E-state index in [0.29, 0.717) is 5.92 Å². The molecule has 4 heteroatoms. The molecular formula is C15H14N2S2. The van der Waals surface area contributed by atoms with Crippen molar-refractivity contribution in [3.8, 4) is 0 Å². The summed E-state index contributed by atoms with van der Waals surface area (Å²) in [5.74, 6) is 0.379. The Morgan fingerprint density at radius 2 is 2.26 bits per heavy atom.